The lowest BCUT2D eigenvalue weighted by Crippen LogP contribution is -2.31. The van der Waals surface area contributed by atoms with Crippen molar-refractivity contribution in [1.82, 2.24) is 0 Å². The summed E-state index contributed by atoms with van der Waals surface area (Å²) in [5, 5.41) is 0. The van der Waals surface area contributed by atoms with Crippen LogP contribution in [0.15, 0.2) is 0 Å². The molecule has 1 fully saturated rings. The molecule has 0 aliphatic carbocycles. The Bertz CT molecular complexity index is 159. The smallest absolute Gasteiger partial charge is 0.282 e. The second-order valence-electron chi connectivity index (χ2n) is 1.70. The maximum Gasteiger partial charge on any atom is 0.337 e. The Morgan fingerprint density at radius 3 is 1.00 bits per heavy atom. The minimum Gasteiger partial charge on any atom is -0.282 e. The van der Waals surface area contributed by atoms with Crippen molar-refractivity contribution in [2.75, 3.05) is 0 Å². The van der Waals surface area contributed by atoms with Gasteiger partial charge in [-0.2, -0.15) is 0 Å². The molecule has 66 valence electrons. The highest BCUT2D eigenvalue weighted by atomic mass is 35.5. The first kappa shape index (κ1) is 10.7. The summed E-state index contributed by atoms with van der Waals surface area (Å²) in [5.74, 6) is 0. The lowest BCUT2D eigenvalue weighted by molar-refractivity contribution is -0.0313. The molecular weight excluding hydrogens is 281 g/mol. The van der Waals surface area contributed by atoms with Crippen molar-refractivity contribution in [3.05, 3.63) is 0 Å². The van der Waals surface area contributed by atoms with Crippen LogP contribution in [-0.4, -0.2) is 13.7 Å². The summed E-state index contributed by atoms with van der Waals surface area (Å²) in [6, 6.07) is 0. The maximum atomic E-state index is 5.43. The van der Waals surface area contributed by atoms with Crippen molar-refractivity contribution >= 4 is 69.6 Å². The molecule has 2 nitrogen and oxygen atoms in total. The summed E-state index contributed by atoms with van der Waals surface area (Å²) in [6.45, 7) is 0. The third-order valence-electron chi connectivity index (χ3n) is 0.833. The van der Waals surface area contributed by atoms with E-state index in [1.165, 1.54) is 0 Å². The quantitative estimate of drug-likeness (QED) is 0.633. The van der Waals surface area contributed by atoms with E-state index in [1.54, 1.807) is 0 Å². The zero-order valence-electron chi connectivity index (χ0n) is 4.58. The molecule has 0 atom stereocenters. The Balaban J connectivity index is 2.89. The molecule has 0 aromatic carbocycles. The highest BCUT2D eigenvalue weighted by Gasteiger charge is 2.64. The zero-order valence-corrected chi connectivity index (χ0v) is 9.12. The van der Waals surface area contributed by atoms with Gasteiger partial charge in [-0.25, -0.2) is 0 Å². The molecule has 0 aromatic heterocycles. The van der Waals surface area contributed by atoms with Crippen LogP contribution in [0.5, 0.6) is 0 Å². The molecule has 0 amide bonds. The van der Waals surface area contributed by atoms with Crippen molar-refractivity contribution in [2.45, 2.75) is 13.7 Å². The van der Waals surface area contributed by atoms with Gasteiger partial charge >= 0.3 is 4.71 Å². The zero-order chi connectivity index (χ0) is 8.91. The molecule has 1 aliphatic rings. The van der Waals surface area contributed by atoms with Crippen molar-refractivity contribution in [3.8, 4) is 0 Å². The summed E-state index contributed by atoms with van der Waals surface area (Å²) in [7, 11) is 0. The van der Waals surface area contributed by atoms with E-state index in [2.05, 4.69) is 9.47 Å². The Morgan fingerprint density at radius 1 is 0.636 bits per heavy atom. The molecular formula is C3Cl6O2. The van der Waals surface area contributed by atoms with Gasteiger partial charge in [-0.05, 0) is 23.2 Å². The van der Waals surface area contributed by atoms with Crippen molar-refractivity contribution in [2.24, 2.45) is 0 Å². The largest absolute Gasteiger partial charge is 0.337 e. The van der Waals surface area contributed by atoms with Crippen LogP contribution in [0.4, 0.5) is 0 Å². The molecule has 11 heavy (non-hydrogen) atoms. The minimum absolute atomic E-state index is 1.99. The van der Waals surface area contributed by atoms with Crippen LogP contribution in [0, 0.1) is 0 Å². The van der Waals surface area contributed by atoms with Crippen LogP contribution >= 0.6 is 69.6 Å². The Morgan fingerprint density at radius 2 is 0.909 bits per heavy atom. The minimum atomic E-state index is -2.02. The van der Waals surface area contributed by atoms with Crippen LogP contribution < -0.4 is 0 Å². The summed E-state index contributed by atoms with van der Waals surface area (Å²) in [5.41, 5.74) is 0. The fourth-order valence-electron chi connectivity index (χ4n) is 0.438. The molecule has 0 saturated carbocycles. The Kier molecular flexibility index (Phi) is 2.76. The van der Waals surface area contributed by atoms with Gasteiger partial charge in [0.2, 0.25) is 0 Å². The molecule has 0 unspecified atom stereocenters. The molecule has 0 N–H and O–H groups in total. The third kappa shape index (κ3) is 2.12. The molecule has 0 radical (unpaired) electrons. The van der Waals surface area contributed by atoms with Gasteiger partial charge in [0, 0.05) is 0 Å². The molecule has 0 spiro atoms. The topological polar surface area (TPSA) is 18.5 Å². The van der Waals surface area contributed by atoms with E-state index in [1.807, 2.05) is 0 Å². The second kappa shape index (κ2) is 2.82. The van der Waals surface area contributed by atoms with E-state index in [-0.39, 0.29) is 0 Å². The van der Waals surface area contributed by atoms with Gasteiger partial charge in [0.15, 0.2) is 0 Å². The second-order valence-corrected chi connectivity index (χ2v) is 5.41. The van der Waals surface area contributed by atoms with Gasteiger partial charge in [-0.15, -0.1) is 0 Å². The highest BCUT2D eigenvalue weighted by molar-refractivity contribution is 6.62. The average molecular weight is 281 g/mol. The molecule has 0 bridgehead atoms. The van der Waals surface area contributed by atoms with E-state index in [4.69, 9.17) is 69.6 Å². The van der Waals surface area contributed by atoms with Gasteiger partial charge in [-0.1, -0.05) is 46.4 Å². The Labute approximate surface area is 92.5 Å². The summed E-state index contributed by atoms with van der Waals surface area (Å²) < 4.78 is 3.06. The standard InChI is InChI=1S/C3Cl6O2/c4-1(5)2(6,7)11-3(8,9)10-1. The SMILES string of the molecule is ClC1(Cl)OC(Cl)(Cl)C(Cl)(Cl)O1. The van der Waals surface area contributed by atoms with E-state index in [0.717, 1.165) is 0 Å². The number of rotatable bonds is 0. The van der Waals surface area contributed by atoms with Gasteiger partial charge in [0.05, 0.1) is 0 Å². The Hall–Kier alpha value is 1.66. The predicted octanol–water partition coefficient (Wildman–Crippen LogP) is 3.38. The fourth-order valence-corrected chi connectivity index (χ4v) is 1.81. The molecule has 1 saturated heterocycles. The number of hydrogen-bond acceptors (Lipinski definition) is 2. The van der Waals surface area contributed by atoms with Crippen LogP contribution in [-0.2, 0) is 9.47 Å². The van der Waals surface area contributed by atoms with Crippen molar-refractivity contribution < 1.29 is 9.47 Å². The number of ether oxygens (including phenoxy) is 2. The fraction of sp³-hybridized carbons (Fsp3) is 1.00. The van der Waals surface area contributed by atoms with Gasteiger partial charge < -0.3 is 0 Å². The first-order valence-electron chi connectivity index (χ1n) is 2.20. The summed E-state index contributed by atoms with van der Waals surface area (Å²) in [4.78, 5) is 0. The lowest BCUT2D eigenvalue weighted by Gasteiger charge is -2.19. The van der Waals surface area contributed by atoms with E-state index < -0.39 is 13.7 Å². The molecule has 0 aromatic rings. The summed E-state index contributed by atoms with van der Waals surface area (Å²) in [6.07, 6.45) is 0. The first-order valence-corrected chi connectivity index (χ1v) is 4.47. The van der Waals surface area contributed by atoms with Crippen molar-refractivity contribution in [3.63, 3.8) is 0 Å². The molecule has 1 aliphatic heterocycles. The number of halogens is 6. The third-order valence-corrected chi connectivity index (χ3v) is 2.90. The van der Waals surface area contributed by atoms with E-state index >= 15 is 0 Å². The van der Waals surface area contributed by atoms with E-state index in [9.17, 15) is 0 Å². The average Bonchev–Trinajstić information content (AvgIpc) is 1.66. The molecule has 1 rings (SSSR count). The van der Waals surface area contributed by atoms with E-state index in [0.29, 0.717) is 0 Å². The van der Waals surface area contributed by atoms with Crippen LogP contribution in [0.3, 0.4) is 0 Å². The van der Waals surface area contributed by atoms with Crippen LogP contribution in [0.1, 0.15) is 0 Å². The van der Waals surface area contributed by atoms with Crippen LogP contribution in [0.2, 0.25) is 0 Å². The van der Waals surface area contributed by atoms with Gasteiger partial charge in [-0.3, -0.25) is 9.47 Å². The van der Waals surface area contributed by atoms with Crippen LogP contribution in [0.25, 0.3) is 0 Å². The van der Waals surface area contributed by atoms with Gasteiger partial charge in [0.1, 0.15) is 0 Å². The lowest BCUT2D eigenvalue weighted by atomic mass is 10.7. The normalized spacial score (nSPS) is 32.2. The maximum absolute atomic E-state index is 5.43. The highest BCUT2D eigenvalue weighted by Crippen LogP contribution is 2.56. The first-order chi connectivity index (χ1) is 4.66. The molecule has 8 heteroatoms. The molecule has 1 heterocycles. The summed E-state index contributed by atoms with van der Waals surface area (Å²) >= 11 is 32.4. The monoisotopic (exact) mass is 278 g/mol. The van der Waals surface area contributed by atoms with Gasteiger partial charge in [0.25, 0.3) is 9.04 Å². The number of hydrogen-bond donors (Lipinski definition) is 0. The number of alkyl halides is 6. The van der Waals surface area contributed by atoms with Crippen molar-refractivity contribution in [1.29, 1.82) is 0 Å². The predicted molar refractivity (Wildman–Crippen MR) is 45.5 cm³/mol.